The molecule has 248 valence electrons. The first-order chi connectivity index (χ1) is 19.7. The number of hydrogen-bond acceptors (Lipinski definition) is 3. The van der Waals surface area contributed by atoms with Gasteiger partial charge in [0.15, 0.2) is 5.08 Å². The molecule has 0 aliphatic rings. The van der Waals surface area contributed by atoms with Crippen molar-refractivity contribution in [3.05, 3.63) is 0 Å². The molecule has 0 spiro atoms. The van der Waals surface area contributed by atoms with Crippen LogP contribution in [0.2, 0.25) is 0 Å². The van der Waals surface area contributed by atoms with E-state index in [0.29, 0.717) is 18.9 Å². The third-order valence-corrected chi connectivity index (χ3v) is 14.4. The fourth-order valence-corrected chi connectivity index (χ4v) is 10.2. The second-order valence-corrected chi connectivity index (χ2v) is 19.1. The highest BCUT2D eigenvalue weighted by molar-refractivity contribution is 7.65. The summed E-state index contributed by atoms with van der Waals surface area (Å²) in [7, 11) is 2.30. The molecule has 0 amide bonds. The van der Waals surface area contributed by atoms with E-state index in [0.717, 1.165) is 36.7 Å². The lowest BCUT2D eigenvalue weighted by Gasteiger charge is -2.31. The number of quaternary nitrogens is 1. The normalized spacial score (nSPS) is 15.2. The van der Waals surface area contributed by atoms with E-state index in [1.54, 1.807) is 0 Å². The van der Waals surface area contributed by atoms with Crippen molar-refractivity contribution >= 4 is 15.6 Å². The van der Waals surface area contributed by atoms with Crippen molar-refractivity contribution in [3.63, 3.8) is 0 Å². The van der Waals surface area contributed by atoms with E-state index in [1.165, 1.54) is 128 Å². The maximum Gasteiger partial charge on any atom is 0.165 e. The van der Waals surface area contributed by atoms with Gasteiger partial charge in [-0.05, 0) is 19.8 Å². The lowest BCUT2D eigenvalue weighted by atomic mass is 10.1. The van der Waals surface area contributed by atoms with Crippen molar-refractivity contribution in [2.24, 2.45) is 0 Å². The number of rotatable bonds is 32. The molecule has 0 aliphatic carbocycles. The molecule has 2 atom stereocenters. The summed E-state index contributed by atoms with van der Waals surface area (Å²) >= 11 is 0. The van der Waals surface area contributed by atoms with E-state index in [-0.39, 0.29) is 0 Å². The van der Waals surface area contributed by atoms with Crippen molar-refractivity contribution in [1.82, 2.24) is 0 Å². The van der Waals surface area contributed by atoms with Crippen LogP contribution >= 0.6 is 15.6 Å². The molecule has 41 heavy (non-hydrogen) atoms. The van der Waals surface area contributed by atoms with E-state index < -0.39 is 20.7 Å². The maximum atomic E-state index is 13.5. The van der Waals surface area contributed by atoms with Gasteiger partial charge in [-0.1, -0.05) is 155 Å². The van der Waals surface area contributed by atoms with Gasteiger partial charge in [-0.3, -0.25) is 0 Å². The van der Waals surface area contributed by atoms with Crippen LogP contribution in [0.1, 0.15) is 175 Å². The minimum Gasteiger partial charge on any atom is -0.354 e. The molecular weight excluding hydrogens is 544 g/mol. The Kier molecular flexibility index (Phi) is 28.2. The topological polar surface area (TPSA) is 43.4 Å². The minimum atomic E-state index is -2.07. The molecule has 0 saturated heterocycles. The van der Waals surface area contributed by atoms with Crippen LogP contribution < -0.4 is 0 Å². The van der Waals surface area contributed by atoms with Crippen LogP contribution in [-0.2, 0) is 13.9 Å². The van der Waals surface area contributed by atoms with E-state index in [1.807, 2.05) is 6.92 Å². The highest BCUT2D eigenvalue weighted by Crippen LogP contribution is 2.56. The minimum absolute atomic E-state index is 0.531. The van der Waals surface area contributed by atoms with Crippen molar-refractivity contribution in [1.29, 1.82) is 0 Å². The highest BCUT2D eigenvalue weighted by atomic mass is 31.2. The van der Waals surface area contributed by atoms with Gasteiger partial charge in [0.05, 0.1) is 27.7 Å². The van der Waals surface area contributed by atoms with Crippen molar-refractivity contribution in [3.8, 4) is 0 Å². The number of likely N-dealkylation sites (N-methyl/N-ethyl adjacent to an activating group) is 1. The summed E-state index contributed by atoms with van der Waals surface area (Å²) in [4.78, 5) is 0. The molecule has 0 fully saturated rings. The van der Waals surface area contributed by atoms with E-state index in [4.69, 9.17) is 4.74 Å². The average molecular weight is 621 g/mol. The molecule has 6 heteroatoms. The zero-order valence-electron chi connectivity index (χ0n) is 29.0. The molecule has 0 saturated carbocycles. The van der Waals surface area contributed by atoms with Crippen molar-refractivity contribution in [2.45, 2.75) is 180 Å². The van der Waals surface area contributed by atoms with Crippen LogP contribution in [-0.4, -0.2) is 56.2 Å². The highest BCUT2D eigenvalue weighted by Gasteiger charge is 2.38. The Morgan fingerprint density at radius 1 is 0.488 bits per heavy atom. The standard InChI is InChI=1S/C35H76NO3P2/c1-7-9-11-13-15-17-19-21-23-25-27-29-33-40(37)35(3,39-32-31-36(4,5)6)41(38)34-30-28-26-24-22-20-18-16-14-12-10-8-2/h40-41H,7-34H2,1-6H3/q+1. The van der Waals surface area contributed by atoms with Gasteiger partial charge >= 0.3 is 0 Å². The van der Waals surface area contributed by atoms with Gasteiger partial charge < -0.3 is 18.3 Å². The van der Waals surface area contributed by atoms with Crippen molar-refractivity contribution < 1.29 is 18.3 Å². The summed E-state index contributed by atoms with van der Waals surface area (Å²) in [6, 6.07) is 0. The molecule has 0 rings (SSSR count). The second-order valence-electron chi connectivity index (χ2n) is 14.0. The van der Waals surface area contributed by atoms with Gasteiger partial charge in [0.25, 0.3) is 0 Å². The summed E-state index contributed by atoms with van der Waals surface area (Å²) in [6.45, 7) is 7.85. The molecule has 4 nitrogen and oxygen atoms in total. The van der Waals surface area contributed by atoms with Crippen molar-refractivity contribution in [2.75, 3.05) is 46.6 Å². The van der Waals surface area contributed by atoms with Gasteiger partial charge in [0.2, 0.25) is 0 Å². The zero-order chi connectivity index (χ0) is 30.7. The predicted octanol–water partition coefficient (Wildman–Crippen LogP) is 11.9. The number of ether oxygens (including phenoxy) is 1. The summed E-state index contributed by atoms with van der Waals surface area (Å²) in [5.74, 6) is 0. The van der Waals surface area contributed by atoms with Crippen LogP contribution in [0.15, 0.2) is 0 Å². The first-order valence-corrected chi connectivity index (χ1v) is 21.4. The molecule has 0 aromatic rings. The molecule has 0 bridgehead atoms. The molecular formula is C35H76NO3P2+. The van der Waals surface area contributed by atoms with Gasteiger partial charge in [-0.25, -0.2) is 0 Å². The lowest BCUT2D eigenvalue weighted by molar-refractivity contribution is -0.870. The third kappa shape index (κ3) is 25.4. The lowest BCUT2D eigenvalue weighted by Crippen LogP contribution is -2.39. The van der Waals surface area contributed by atoms with E-state index in [2.05, 4.69) is 35.0 Å². The quantitative estimate of drug-likeness (QED) is 0.0427. The predicted molar refractivity (Wildman–Crippen MR) is 187 cm³/mol. The molecule has 0 aliphatic heterocycles. The number of unbranched alkanes of at least 4 members (excludes halogenated alkanes) is 22. The van der Waals surface area contributed by atoms with Crippen LogP contribution in [0.4, 0.5) is 0 Å². The Morgan fingerprint density at radius 2 is 0.756 bits per heavy atom. The zero-order valence-corrected chi connectivity index (χ0v) is 31.0. The monoisotopic (exact) mass is 621 g/mol. The Balaban J connectivity index is 4.28. The first kappa shape index (κ1) is 41.4. The smallest absolute Gasteiger partial charge is 0.165 e. The fourth-order valence-electron chi connectivity index (χ4n) is 5.57. The molecule has 0 heterocycles. The van der Waals surface area contributed by atoms with Crippen LogP contribution in [0, 0.1) is 0 Å². The Hall–Kier alpha value is 0.380. The van der Waals surface area contributed by atoms with Crippen LogP contribution in [0.5, 0.6) is 0 Å². The van der Waals surface area contributed by atoms with Gasteiger partial charge in [-0.2, -0.15) is 0 Å². The molecule has 0 radical (unpaired) electrons. The van der Waals surface area contributed by atoms with Gasteiger partial charge in [-0.15, -0.1) is 0 Å². The SMILES string of the molecule is CCCCCCCCCCCCCC[PH](=O)C(C)(OCC[N+](C)(C)C)[PH](=O)CCCCCCCCCCCCCC. The molecule has 0 aromatic carbocycles. The Morgan fingerprint density at radius 3 is 1.02 bits per heavy atom. The number of hydrogen-bond donors (Lipinski definition) is 0. The van der Waals surface area contributed by atoms with E-state index >= 15 is 0 Å². The molecule has 0 aromatic heterocycles. The largest absolute Gasteiger partial charge is 0.354 e. The maximum absolute atomic E-state index is 13.5. The molecule has 2 unspecified atom stereocenters. The summed E-state index contributed by atoms with van der Waals surface area (Å²) in [5.41, 5.74) is 0. The number of nitrogens with zero attached hydrogens (tertiary/aromatic N) is 1. The third-order valence-electron chi connectivity index (χ3n) is 8.73. The van der Waals surface area contributed by atoms with Crippen LogP contribution in [0.3, 0.4) is 0 Å². The van der Waals surface area contributed by atoms with E-state index in [9.17, 15) is 9.13 Å². The molecule has 0 N–H and O–H groups in total. The first-order valence-electron chi connectivity index (χ1n) is 18.2. The Bertz CT molecular complexity index is 581. The van der Waals surface area contributed by atoms with Gasteiger partial charge in [0.1, 0.15) is 22.1 Å². The summed E-state index contributed by atoms with van der Waals surface area (Å²) in [5, 5.41) is -0.903. The summed E-state index contributed by atoms with van der Waals surface area (Å²) < 4.78 is 34.2. The average Bonchev–Trinajstić information content (AvgIpc) is 2.93. The van der Waals surface area contributed by atoms with Crippen LogP contribution in [0.25, 0.3) is 0 Å². The van der Waals surface area contributed by atoms with Gasteiger partial charge in [0, 0.05) is 12.3 Å². The second kappa shape index (κ2) is 27.9. The summed E-state index contributed by atoms with van der Waals surface area (Å²) in [6.07, 6.45) is 32.7. The Labute approximate surface area is 260 Å². The fraction of sp³-hybridized carbons (Fsp3) is 1.00.